The van der Waals surface area contributed by atoms with Crippen LogP contribution >= 0.6 is 11.6 Å². The lowest BCUT2D eigenvalue weighted by Crippen LogP contribution is -2.46. The van der Waals surface area contributed by atoms with Gasteiger partial charge in [-0.05, 0) is 24.6 Å². The Labute approximate surface area is 86.3 Å². The molecule has 2 nitrogen and oxygen atoms in total. The molecule has 0 radical (unpaired) electrons. The van der Waals surface area contributed by atoms with Gasteiger partial charge in [0, 0.05) is 10.6 Å². The maximum atomic E-state index is 13.2. The highest BCUT2D eigenvalue weighted by Gasteiger charge is 2.39. The van der Waals surface area contributed by atoms with Crippen molar-refractivity contribution >= 4 is 11.6 Å². The Morgan fingerprint density at radius 1 is 1.50 bits per heavy atom. The normalized spacial score (nSPS) is 19.1. The van der Waals surface area contributed by atoms with Gasteiger partial charge in [0.25, 0.3) is 0 Å². The molecule has 1 heterocycles. The third-order valence-corrected chi connectivity index (χ3v) is 2.74. The quantitative estimate of drug-likeness (QED) is 0.778. The van der Waals surface area contributed by atoms with Crippen molar-refractivity contribution in [2.75, 3.05) is 13.2 Å². The zero-order chi connectivity index (χ0) is 10.3. The van der Waals surface area contributed by atoms with E-state index in [1.165, 1.54) is 12.1 Å². The molecule has 0 aromatic heterocycles. The van der Waals surface area contributed by atoms with Gasteiger partial charge in [-0.2, -0.15) is 0 Å². The van der Waals surface area contributed by atoms with E-state index in [2.05, 4.69) is 0 Å². The molecule has 0 saturated carbocycles. The van der Waals surface area contributed by atoms with E-state index >= 15 is 0 Å². The summed E-state index contributed by atoms with van der Waals surface area (Å²) in [5, 5.41) is 10.3. The molecule has 0 unspecified atom stereocenters. The summed E-state index contributed by atoms with van der Waals surface area (Å²) in [6.45, 7) is 1.98. The molecule has 0 bridgehead atoms. The Morgan fingerprint density at radius 2 is 2.14 bits per heavy atom. The average molecular weight is 217 g/mol. The van der Waals surface area contributed by atoms with Crippen molar-refractivity contribution < 1.29 is 14.2 Å². The Kier molecular flexibility index (Phi) is 2.26. The number of hydrogen-bond donors (Lipinski definition) is 1. The molecule has 1 N–H and O–H groups in total. The van der Waals surface area contributed by atoms with Crippen LogP contribution in [0.1, 0.15) is 11.1 Å². The fraction of sp³-hybridized carbons (Fsp3) is 0.400. The molecule has 0 atom stereocenters. The number of aryl methyl sites for hydroxylation is 1. The Morgan fingerprint density at radius 3 is 2.64 bits per heavy atom. The number of benzene rings is 1. The van der Waals surface area contributed by atoms with Gasteiger partial charge in [-0.25, -0.2) is 4.39 Å². The van der Waals surface area contributed by atoms with Crippen LogP contribution in [0.4, 0.5) is 4.39 Å². The summed E-state index contributed by atoms with van der Waals surface area (Å²) in [7, 11) is 0. The summed E-state index contributed by atoms with van der Waals surface area (Å²) in [4.78, 5) is 0. The summed E-state index contributed by atoms with van der Waals surface area (Å²) in [5.41, 5.74) is -0.220. The summed E-state index contributed by atoms with van der Waals surface area (Å²) in [5.74, 6) is -0.357. The molecular weight excluding hydrogens is 207 g/mol. The molecule has 1 aromatic carbocycles. The number of halogens is 2. The van der Waals surface area contributed by atoms with E-state index in [1.54, 1.807) is 6.92 Å². The molecule has 0 amide bonds. The molecule has 1 saturated heterocycles. The van der Waals surface area contributed by atoms with Gasteiger partial charge in [-0.15, -0.1) is 0 Å². The second-order valence-electron chi connectivity index (χ2n) is 3.61. The molecule has 2 rings (SSSR count). The van der Waals surface area contributed by atoms with Crippen LogP contribution in [0.25, 0.3) is 0 Å². The maximum absolute atomic E-state index is 13.2. The minimum Gasteiger partial charge on any atom is -0.380 e. The molecule has 4 heteroatoms. The molecule has 1 aliphatic rings. The van der Waals surface area contributed by atoms with Crippen LogP contribution in [0.3, 0.4) is 0 Å². The average Bonchev–Trinajstić information content (AvgIpc) is 2.07. The fourth-order valence-corrected chi connectivity index (χ4v) is 1.85. The van der Waals surface area contributed by atoms with Gasteiger partial charge < -0.3 is 9.84 Å². The van der Waals surface area contributed by atoms with Gasteiger partial charge in [0.05, 0.1) is 13.2 Å². The third kappa shape index (κ3) is 1.41. The van der Waals surface area contributed by atoms with Crippen molar-refractivity contribution in [3.63, 3.8) is 0 Å². The lowest BCUT2D eigenvalue weighted by Gasteiger charge is -2.37. The number of ether oxygens (including phenoxy) is 1. The first-order valence-electron chi connectivity index (χ1n) is 4.29. The SMILES string of the molecule is Cc1cc(Cl)c(C2(O)COC2)cc1F. The van der Waals surface area contributed by atoms with Crippen molar-refractivity contribution in [1.82, 2.24) is 0 Å². The first-order chi connectivity index (χ1) is 6.53. The fourth-order valence-electron chi connectivity index (χ4n) is 1.45. The number of hydrogen-bond acceptors (Lipinski definition) is 2. The van der Waals surface area contributed by atoms with Gasteiger partial charge in [-0.1, -0.05) is 11.6 Å². The molecule has 1 fully saturated rings. The van der Waals surface area contributed by atoms with Gasteiger partial charge in [-0.3, -0.25) is 0 Å². The van der Waals surface area contributed by atoms with E-state index in [1.807, 2.05) is 0 Å². The second-order valence-corrected chi connectivity index (χ2v) is 4.01. The van der Waals surface area contributed by atoms with Gasteiger partial charge in [0.2, 0.25) is 0 Å². The van der Waals surface area contributed by atoms with Crippen molar-refractivity contribution in [2.45, 2.75) is 12.5 Å². The monoisotopic (exact) mass is 216 g/mol. The molecule has 0 spiro atoms. The third-order valence-electron chi connectivity index (χ3n) is 2.43. The lowest BCUT2D eigenvalue weighted by atomic mass is 9.91. The van der Waals surface area contributed by atoms with E-state index in [9.17, 15) is 9.50 Å². The summed E-state index contributed by atoms with van der Waals surface area (Å²) < 4.78 is 18.1. The Balaban J connectivity index is 2.48. The van der Waals surface area contributed by atoms with Crippen molar-refractivity contribution in [2.24, 2.45) is 0 Å². The van der Waals surface area contributed by atoms with Crippen LogP contribution in [0.5, 0.6) is 0 Å². The van der Waals surface area contributed by atoms with Crippen LogP contribution in [0, 0.1) is 12.7 Å². The van der Waals surface area contributed by atoms with Crippen molar-refractivity contribution in [3.05, 3.63) is 34.1 Å². The zero-order valence-corrected chi connectivity index (χ0v) is 8.44. The molecule has 14 heavy (non-hydrogen) atoms. The molecule has 1 aromatic rings. The van der Waals surface area contributed by atoms with Crippen molar-refractivity contribution in [1.29, 1.82) is 0 Å². The first kappa shape index (κ1) is 9.90. The maximum Gasteiger partial charge on any atom is 0.138 e. The molecule has 76 valence electrons. The number of aliphatic hydroxyl groups is 1. The minimum atomic E-state index is -1.11. The Hall–Kier alpha value is -0.640. The topological polar surface area (TPSA) is 29.5 Å². The van der Waals surface area contributed by atoms with Gasteiger partial charge in [0.1, 0.15) is 11.4 Å². The van der Waals surface area contributed by atoms with E-state index in [0.29, 0.717) is 16.1 Å². The molecule has 1 aliphatic heterocycles. The highest BCUT2D eigenvalue weighted by molar-refractivity contribution is 6.31. The van der Waals surface area contributed by atoms with Crippen LogP contribution < -0.4 is 0 Å². The smallest absolute Gasteiger partial charge is 0.138 e. The predicted molar refractivity (Wildman–Crippen MR) is 50.9 cm³/mol. The second kappa shape index (κ2) is 3.19. The van der Waals surface area contributed by atoms with Crippen LogP contribution in [-0.2, 0) is 10.3 Å². The molecule has 0 aliphatic carbocycles. The molecular formula is C10H10ClFO2. The largest absolute Gasteiger partial charge is 0.380 e. The summed E-state index contributed by atoms with van der Waals surface area (Å²) in [6.07, 6.45) is 0. The standard InChI is InChI=1S/C10H10ClFO2/c1-6-2-8(11)7(3-9(6)12)10(13)4-14-5-10/h2-3,13H,4-5H2,1H3. The predicted octanol–water partition coefficient (Wildman–Crippen LogP) is 2.01. The first-order valence-corrected chi connectivity index (χ1v) is 4.67. The summed E-state index contributed by atoms with van der Waals surface area (Å²) in [6, 6.07) is 2.79. The van der Waals surface area contributed by atoms with E-state index in [-0.39, 0.29) is 19.0 Å². The van der Waals surface area contributed by atoms with Gasteiger partial charge in [0.15, 0.2) is 0 Å². The van der Waals surface area contributed by atoms with E-state index in [0.717, 1.165) is 0 Å². The lowest BCUT2D eigenvalue weighted by molar-refractivity contribution is -0.184. The minimum absolute atomic E-state index is 0.176. The summed E-state index contributed by atoms with van der Waals surface area (Å²) >= 11 is 5.92. The number of rotatable bonds is 1. The van der Waals surface area contributed by atoms with Crippen LogP contribution in [0.15, 0.2) is 12.1 Å². The van der Waals surface area contributed by atoms with Crippen LogP contribution in [-0.4, -0.2) is 18.3 Å². The van der Waals surface area contributed by atoms with Crippen LogP contribution in [0.2, 0.25) is 5.02 Å². The van der Waals surface area contributed by atoms with Crippen molar-refractivity contribution in [3.8, 4) is 0 Å². The van der Waals surface area contributed by atoms with E-state index < -0.39 is 5.60 Å². The Bertz CT molecular complexity index is 375. The highest BCUT2D eigenvalue weighted by atomic mass is 35.5. The van der Waals surface area contributed by atoms with E-state index in [4.69, 9.17) is 16.3 Å². The van der Waals surface area contributed by atoms with Gasteiger partial charge >= 0.3 is 0 Å². The highest BCUT2D eigenvalue weighted by Crippen LogP contribution is 2.35. The zero-order valence-electron chi connectivity index (χ0n) is 7.68.